The zero-order valence-corrected chi connectivity index (χ0v) is 20.6. The van der Waals surface area contributed by atoms with Crippen LogP contribution in [0.15, 0.2) is 47.1 Å². The van der Waals surface area contributed by atoms with Gasteiger partial charge in [-0.2, -0.15) is 0 Å². The second-order valence-electron chi connectivity index (χ2n) is 9.17. The normalized spacial score (nSPS) is 16.1. The summed E-state index contributed by atoms with van der Waals surface area (Å²) in [5.41, 5.74) is 1.81. The number of anilines is 1. The Morgan fingerprint density at radius 3 is 2.75 bits per heavy atom. The number of ether oxygens (including phenoxy) is 2. The second-order valence-corrected chi connectivity index (χ2v) is 9.17. The van der Waals surface area contributed by atoms with Gasteiger partial charge in [0.15, 0.2) is 5.76 Å². The Labute approximate surface area is 210 Å². The van der Waals surface area contributed by atoms with E-state index in [9.17, 15) is 9.59 Å². The zero-order chi connectivity index (χ0) is 24.9. The Kier molecular flexibility index (Phi) is 7.36. The van der Waals surface area contributed by atoms with Crippen molar-refractivity contribution in [3.63, 3.8) is 0 Å². The quantitative estimate of drug-likeness (QED) is 0.453. The van der Waals surface area contributed by atoms with Crippen molar-refractivity contribution in [1.29, 1.82) is 0 Å². The van der Waals surface area contributed by atoms with Gasteiger partial charge in [-0.25, -0.2) is 4.98 Å². The molecule has 2 aliphatic heterocycles. The SMILES string of the molecule is COc1ccc2cc(CN(CCCN3CCCC3=O)C(=O)c3ccco3)c(N3CCOCC3)nc2c1. The van der Waals surface area contributed by atoms with Crippen LogP contribution in [0.3, 0.4) is 0 Å². The van der Waals surface area contributed by atoms with Crippen LogP contribution < -0.4 is 9.64 Å². The molecular weight excluding hydrogens is 460 g/mol. The maximum absolute atomic E-state index is 13.4. The maximum atomic E-state index is 13.4. The molecule has 0 aliphatic carbocycles. The summed E-state index contributed by atoms with van der Waals surface area (Å²) >= 11 is 0. The lowest BCUT2D eigenvalue weighted by atomic mass is 10.1. The fraction of sp³-hybridized carbons (Fsp3) is 0.444. The number of carbonyl (C=O) groups is 2. The van der Waals surface area contributed by atoms with Crippen LogP contribution in [0.5, 0.6) is 5.75 Å². The molecule has 0 bridgehead atoms. The number of nitrogens with zero attached hydrogens (tertiary/aromatic N) is 4. The van der Waals surface area contributed by atoms with Crippen LogP contribution in [0.4, 0.5) is 5.82 Å². The standard InChI is InChI=1S/C27H32N4O5/c1-34-22-8-7-20-17-21(26(28-23(20)18-22)30-12-15-35-16-13-30)19-31(27(33)24-5-3-14-36-24)11-4-10-29-9-2-6-25(29)32/h3,5,7-8,14,17-18H,2,4,6,9-13,15-16,19H2,1H3. The summed E-state index contributed by atoms with van der Waals surface area (Å²) in [6, 6.07) is 11.4. The summed E-state index contributed by atoms with van der Waals surface area (Å²) in [5, 5.41) is 0.982. The van der Waals surface area contributed by atoms with E-state index in [1.807, 2.05) is 23.1 Å². The fourth-order valence-electron chi connectivity index (χ4n) is 4.88. The highest BCUT2D eigenvalue weighted by atomic mass is 16.5. The molecule has 190 valence electrons. The summed E-state index contributed by atoms with van der Waals surface area (Å²) in [7, 11) is 1.65. The molecule has 9 nitrogen and oxygen atoms in total. The highest BCUT2D eigenvalue weighted by Crippen LogP contribution is 2.28. The summed E-state index contributed by atoms with van der Waals surface area (Å²) < 4.78 is 16.4. The lowest BCUT2D eigenvalue weighted by molar-refractivity contribution is -0.127. The topological polar surface area (TPSA) is 88.4 Å². The summed E-state index contributed by atoms with van der Waals surface area (Å²) in [5.74, 6) is 1.93. The van der Waals surface area contributed by atoms with Gasteiger partial charge in [-0.05, 0) is 43.2 Å². The van der Waals surface area contributed by atoms with E-state index < -0.39 is 0 Å². The predicted molar refractivity (Wildman–Crippen MR) is 135 cm³/mol. The number of likely N-dealkylation sites (tertiary alicyclic amines) is 1. The molecule has 0 N–H and O–H groups in total. The molecule has 2 amide bonds. The van der Waals surface area contributed by atoms with Crippen molar-refractivity contribution in [3.05, 3.63) is 54.0 Å². The van der Waals surface area contributed by atoms with Crippen LogP contribution >= 0.6 is 0 Å². The van der Waals surface area contributed by atoms with E-state index in [0.717, 1.165) is 54.1 Å². The van der Waals surface area contributed by atoms with E-state index in [-0.39, 0.29) is 11.8 Å². The van der Waals surface area contributed by atoms with Gasteiger partial charge in [0.1, 0.15) is 11.6 Å². The molecule has 0 saturated carbocycles. The lowest BCUT2D eigenvalue weighted by Gasteiger charge is -2.31. The Morgan fingerprint density at radius 1 is 1.17 bits per heavy atom. The molecule has 2 aromatic heterocycles. The van der Waals surface area contributed by atoms with Crippen LogP contribution in [-0.4, -0.2) is 79.6 Å². The van der Waals surface area contributed by atoms with Crippen LogP contribution in [-0.2, 0) is 16.1 Å². The number of benzene rings is 1. The number of aromatic nitrogens is 1. The fourth-order valence-corrected chi connectivity index (χ4v) is 4.88. The minimum absolute atomic E-state index is 0.171. The smallest absolute Gasteiger partial charge is 0.289 e. The maximum Gasteiger partial charge on any atom is 0.289 e. The third-order valence-electron chi connectivity index (χ3n) is 6.80. The highest BCUT2D eigenvalue weighted by Gasteiger charge is 2.25. The molecule has 9 heteroatoms. The molecule has 1 aromatic carbocycles. The monoisotopic (exact) mass is 492 g/mol. The molecule has 4 heterocycles. The molecule has 0 atom stereocenters. The first kappa shape index (κ1) is 24.1. The number of hydrogen-bond acceptors (Lipinski definition) is 7. The molecule has 5 rings (SSSR count). The molecule has 3 aromatic rings. The highest BCUT2D eigenvalue weighted by molar-refractivity contribution is 5.91. The van der Waals surface area contributed by atoms with E-state index in [4.69, 9.17) is 18.9 Å². The molecule has 2 fully saturated rings. The van der Waals surface area contributed by atoms with Crippen LogP contribution in [0, 0.1) is 0 Å². The molecule has 0 radical (unpaired) electrons. The van der Waals surface area contributed by atoms with Gasteiger partial charge in [0.25, 0.3) is 5.91 Å². The molecule has 0 unspecified atom stereocenters. The first-order valence-electron chi connectivity index (χ1n) is 12.5. The Balaban J connectivity index is 1.44. The van der Waals surface area contributed by atoms with Gasteiger partial charge in [-0.15, -0.1) is 0 Å². The lowest BCUT2D eigenvalue weighted by Crippen LogP contribution is -2.39. The number of furan rings is 1. The largest absolute Gasteiger partial charge is 0.497 e. The van der Waals surface area contributed by atoms with Gasteiger partial charge in [0.2, 0.25) is 5.91 Å². The first-order valence-corrected chi connectivity index (χ1v) is 12.5. The van der Waals surface area contributed by atoms with Gasteiger partial charge in [-0.1, -0.05) is 0 Å². The van der Waals surface area contributed by atoms with Gasteiger partial charge in [0, 0.05) is 62.7 Å². The Bertz CT molecular complexity index is 1210. The average Bonchev–Trinajstić information content (AvgIpc) is 3.60. The minimum Gasteiger partial charge on any atom is -0.497 e. The molecular formula is C27H32N4O5. The van der Waals surface area contributed by atoms with Gasteiger partial charge < -0.3 is 28.6 Å². The van der Waals surface area contributed by atoms with Crippen molar-refractivity contribution in [2.45, 2.75) is 25.8 Å². The number of carbonyl (C=O) groups excluding carboxylic acids is 2. The van der Waals surface area contributed by atoms with Crippen LogP contribution in [0.2, 0.25) is 0 Å². The molecule has 36 heavy (non-hydrogen) atoms. The van der Waals surface area contributed by atoms with E-state index in [1.165, 1.54) is 6.26 Å². The minimum atomic E-state index is -0.171. The third kappa shape index (κ3) is 5.31. The first-order chi connectivity index (χ1) is 17.6. The Morgan fingerprint density at radius 2 is 2.03 bits per heavy atom. The average molecular weight is 493 g/mol. The second kappa shape index (κ2) is 11.0. The van der Waals surface area contributed by atoms with E-state index in [1.54, 1.807) is 24.1 Å². The molecule has 0 spiro atoms. The van der Waals surface area contributed by atoms with Gasteiger partial charge in [-0.3, -0.25) is 9.59 Å². The van der Waals surface area contributed by atoms with Crippen molar-refractivity contribution in [2.24, 2.45) is 0 Å². The molecule has 2 saturated heterocycles. The number of methoxy groups -OCH3 is 1. The van der Waals surface area contributed by atoms with Crippen LogP contribution in [0.1, 0.15) is 35.4 Å². The van der Waals surface area contributed by atoms with Crippen molar-refractivity contribution in [3.8, 4) is 5.75 Å². The summed E-state index contributed by atoms with van der Waals surface area (Å²) in [6.07, 6.45) is 3.73. The van der Waals surface area contributed by atoms with Crippen molar-refractivity contribution < 1.29 is 23.5 Å². The number of rotatable bonds is 9. The van der Waals surface area contributed by atoms with E-state index >= 15 is 0 Å². The van der Waals surface area contributed by atoms with Crippen LogP contribution in [0.25, 0.3) is 10.9 Å². The van der Waals surface area contributed by atoms with Crippen molar-refractivity contribution >= 4 is 28.5 Å². The zero-order valence-electron chi connectivity index (χ0n) is 20.6. The summed E-state index contributed by atoms with van der Waals surface area (Å²) in [4.78, 5) is 36.4. The number of hydrogen-bond donors (Lipinski definition) is 0. The van der Waals surface area contributed by atoms with Crippen molar-refractivity contribution in [1.82, 2.24) is 14.8 Å². The predicted octanol–water partition coefficient (Wildman–Crippen LogP) is 3.33. The number of fused-ring (bicyclic) bond motifs is 1. The van der Waals surface area contributed by atoms with E-state index in [0.29, 0.717) is 51.4 Å². The number of pyridine rings is 1. The number of morpholine rings is 1. The Hall–Kier alpha value is -3.59. The summed E-state index contributed by atoms with van der Waals surface area (Å²) in [6.45, 7) is 5.07. The van der Waals surface area contributed by atoms with Gasteiger partial charge in [0.05, 0.1) is 32.1 Å². The van der Waals surface area contributed by atoms with E-state index in [2.05, 4.69) is 11.0 Å². The third-order valence-corrected chi connectivity index (χ3v) is 6.80. The van der Waals surface area contributed by atoms with Gasteiger partial charge >= 0.3 is 0 Å². The number of amides is 2. The van der Waals surface area contributed by atoms with Crippen molar-refractivity contribution in [2.75, 3.05) is 57.9 Å². The molecule has 2 aliphatic rings.